The number of aliphatic imine (C=N–C) groups is 1. The summed E-state index contributed by atoms with van der Waals surface area (Å²) in [6.07, 6.45) is 2.00. The van der Waals surface area contributed by atoms with Crippen molar-refractivity contribution in [3.63, 3.8) is 0 Å². The average Bonchev–Trinajstić information content (AvgIpc) is 3.42. The smallest absolute Gasteiger partial charge is 0.307 e. The first-order valence-electron chi connectivity index (χ1n) is 7.81. The third-order valence-corrected chi connectivity index (χ3v) is 4.10. The molecule has 1 aliphatic carbocycles. The molecule has 0 bridgehead atoms. The summed E-state index contributed by atoms with van der Waals surface area (Å²) in [5.41, 5.74) is 5.02. The van der Waals surface area contributed by atoms with Crippen molar-refractivity contribution >= 4 is 29.6 Å². The van der Waals surface area contributed by atoms with E-state index in [9.17, 15) is 9.59 Å². The maximum absolute atomic E-state index is 12.3. The summed E-state index contributed by atoms with van der Waals surface area (Å²) in [5.74, 6) is 3.91. The lowest BCUT2D eigenvalue weighted by atomic mass is 10.1. The van der Waals surface area contributed by atoms with Crippen LogP contribution in [0.25, 0.3) is 0 Å². The Kier molecular flexibility index (Phi) is 4.76. The van der Waals surface area contributed by atoms with Crippen LogP contribution in [0.3, 0.4) is 0 Å². The normalized spacial score (nSPS) is 18.8. The molecule has 2 aromatic carbocycles. The van der Waals surface area contributed by atoms with Crippen molar-refractivity contribution in [2.24, 2.45) is 16.8 Å². The van der Waals surface area contributed by atoms with Crippen molar-refractivity contribution < 1.29 is 14.7 Å². The largest absolute Gasteiger partial charge is 0.481 e. The Morgan fingerprint density at radius 2 is 1.96 bits per heavy atom. The molecule has 0 aliphatic heterocycles. The lowest BCUT2D eigenvalue weighted by Crippen LogP contribution is -2.18. The van der Waals surface area contributed by atoms with Crippen molar-refractivity contribution in [2.45, 2.75) is 12.3 Å². The van der Waals surface area contributed by atoms with Gasteiger partial charge in [0.2, 0.25) is 0 Å². The maximum atomic E-state index is 12.3. The predicted octanol–water partition coefficient (Wildman–Crippen LogP) is 2.25. The SMILES string of the molecule is NNC=Nc1cccc(C(=O)Nc2ccc(C3CC3C(=O)O)cc2)c1. The molecule has 0 spiro atoms. The first-order chi connectivity index (χ1) is 12.1. The number of carbonyl (C=O) groups is 2. The molecule has 1 amide bonds. The van der Waals surface area contributed by atoms with Crippen molar-refractivity contribution in [3.05, 3.63) is 59.7 Å². The second-order valence-electron chi connectivity index (χ2n) is 5.84. The molecule has 1 fully saturated rings. The minimum atomic E-state index is -0.755. The maximum Gasteiger partial charge on any atom is 0.307 e. The number of hydrogen-bond acceptors (Lipinski definition) is 4. The van der Waals surface area contributed by atoms with E-state index in [-0.39, 0.29) is 17.7 Å². The Hall–Kier alpha value is -3.19. The summed E-state index contributed by atoms with van der Waals surface area (Å²) in [6, 6.07) is 14.1. The zero-order valence-corrected chi connectivity index (χ0v) is 13.3. The first-order valence-corrected chi connectivity index (χ1v) is 7.81. The molecule has 0 aromatic heterocycles. The molecule has 1 aliphatic rings. The van der Waals surface area contributed by atoms with Gasteiger partial charge in [-0.15, -0.1) is 0 Å². The topological polar surface area (TPSA) is 117 Å². The van der Waals surface area contributed by atoms with Crippen LogP contribution in [0.4, 0.5) is 11.4 Å². The van der Waals surface area contributed by atoms with Gasteiger partial charge in [0, 0.05) is 11.3 Å². The quantitative estimate of drug-likeness (QED) is 0.279. The molecule has 128 valence electrons. The number of nitrogens with one attached hydrogen (secondary N) is 2. The van der Waals surface area contributed by atoms with Gasteiger partial charge in [-0.3, -0.25) is 9.59 Å². The third kappa shape index (κ3) is 4.02. The van der Waals surface area contributed by atoms with Gasteiger partial charge in [-0.05, 0) is 48.2 Å². The molecule has 7 nitrogen and oxygen atoms in total. The number of nitrogens with two attached hydrogens (primary N) is 1. The van der Waals surface area contributed by atoms with E-state index in [1.807, 2.05) is 12.1 Å². The summed E-state index contributed by atoms with van der Waals surface area (Å²) in [5, 5.41) is 11.8. The standard InChI is InChI=1S/C18H18N4O3/c19-21-10-20-14-3-1-2-12(8-14)17(23)22-13-6-4-11(5-7-13)15-9-16(15)18(24)25/h1-8,10,15-16H,9,19H2,(H,20,21)(H,22,23)(H,24,25). The van der Waals surface area contributed by atoms with E-state index in [4.69, 9.17) is 10.9 Å². The van der Waals surface area contributed by atoms with Gasteiger partial charge in [-0.2, -0.15) is 0 Å². The number of aliphatic carboxylic acids is 1. The lowest BCUT2D eigenvalue weighted by molar-refractivity contribution is -0.138. The molecular weight excluding hydrogens is 320 g/mol. The summed E-state index contributed by atoms with van der Waals surface area (Å²) >= 11 is 0. The van der Waals surface area contributed by atoms with Crippen molar-refractivity contribution in [3.8, 4) is 0 Å². The Balaban J connectivity index is 1.65. The fourth-order valence-corrected chi connectivity index (χ4v) is 2.69. The number of nitrogens with zero attached hydrogens (tertiary/aromatic N) is 1. The Bertz CT molecular complexity index is 817. The van der Waals surface area contributed by atoms with Gasteiger partial charge in [0.1, 0.15) is 6.34 Å². The Morgan fingerprint density at radius 3 is 2.60 bits per heavy atom. The van der Waals surface area contributed by atoms with Crippen LogP contribution in [0.5, 0.6) is 0 Å². The number of benzene rings is 2. The van der Waals surface area contributed by atoms with E-state index in [1.54, 1.807) is 36.4 Å². The number of hydrogen-bond donors (Lipinski definition) is 4. The number of carbonyl (C=O) groups excluding carboxylic acids is 1. The van der Waals surface area contributed by atoms with Crippen LogP contribution in [0, 0.1) is 5.92 Å². The van der Waals surface area contributed by atoms with Crippen molar-refractivity contribution in [1.82, 2.24) is 5.43 Å². The van der Waals surface area contributed by atoms with Crippen LogP contribution in [-0.2, 0) is 4.79 Å². The molecule has 2 atom stereocenters. The zero-order valence-electron chi connectivity index (χ0n) is 13.3. The van der Waals surface area contributed by atoms with Crippen LogP contribution in [-0.4, -0.2) is 23.3 Å². The van der Waals surface area contributed by atoms with Gasteiger partial charge in [-0.25, -0.2) is 10.8 Å². The molecule has 0 radical (unpaired) electrons. The number of hydrazine groups is 1. The summed E-state index contributed by atoms with van der Waals surface area (Å²) < 4.78 is 0. The number of carboxylic acids is 1. The first kappa shape index (κ1) is 16.7. The third-order valence-electron chi connectivity index (χ3n) is 4.10. The van der Waals surface area contributed by atoms with E-state index in [0.717, 1.165) is 5.56 Å². The van der Waals surface area contributed by atoms with E-state index in [2.05, 4.69) is 15.7 Å². The van der Waals surface area contributed by atoms with E-state index in [1.165, 1.54) is 6.34 Å². The van der Waals surface area contributed by atoms with Gasteiger partial charge >= 0.3 is 5.97 Å². The second-order valence-corrected chi connectivity index (χ2v) is 5.84. The summed E-state index contributed by atoms with van der Waals surface area (Å²) in [6.45, 7) is 0. The molecule has 7 heteroatoms. The number of carboxylic acid groups (broad SMARTS) is 1. The fourth-order valence-electron chi connectivity index (χ4n) is 2.69. The van der Waals surface area contributed by atoms with E-state index < -0.39 is 5.97 Å². The second kappa shape index (κ2) is 7.14. The molecule has 2 unspecified atom stereocenters. The molecule has 3 rings (SSSR count). The zero-order chi connectivity index (χ0) is 17.8. The van der Waals surface area contributed by atoms with Crippen LogP contribution < -0.4 is 16.6 Å². The number of amides is 1. The minimum absolute atomic E-state index is 0.0768. The molecule has 1 saturated carbocycles. The molecule has 0 heterocycles. The van der Waals surface area contributed by atoms with Crippen molar-refractivity contribution in [2.75, 3.05) is 5.32 Å². The summed E-state index contributed by atoms with van der Waals surface area (Å²) in [7, 11) is 0. The highest BCUT2D eigenvalue weighted by molar-refractivity contribution is 6.04. The highest BCUT2D eigenvalue weighted by atomic mass is 16.4. The number of anilines is 1. The molecule has 0 saturated heterocycles. The van der Waals surface area contributed by atoms with Crippen LogP contribution in [0.15, 0.2) is 53.5 Å². The van der Waals surface area contributed by atoms with Gasteiger partial charge in [0.05, 0.1) is 11.6 Å². The monoisotopic (exact) mass is 338 g/mol. The van der Waals surface area contributed by atoms with Gasteiger partial charge in [0.25, 0.3) is 5.91 Å². The molecule has 2 aromatic rings. The predicted molar refractivity (Wildman–Crippen MR) is 94.8 cm³/mol. The van der Waals surface area contributed by atoms with E-state index >= 15 is 0 Å². The summed E-state index contributed by atoms with van der Waals surface area (Å²) in [4.78, 5) is 27.3. The highest BCUT2D eigenvalue weighted by Crippen LogP contribution is 2.47. The van der Waals surface area contributed by atoms with Crippen LogP contribution >= 0.6 is 0 Å². The van der Waals surface area contributed by atoms with Gasteiger partial charge in [0.15, 0.2) is 0 Å². The van der Waals surface area contributed by atoms with Crippen LogP contribution in [0.2, 0.25) is 0 Å². The highest BCUT2D eigenvalue weighted by Gasteiger charge is 2.43. The van der Waals surface area contributed by atoms with Gasteiger partial charge in [-0.1, -0.05) is 18.2 Å². The van der Waals surface area contributed by atoms with Crippen molar-refractivity contribution in [1.29, 1.82) is 0 Å². The number of rotatable bonds is 6. The average molecular weight is 338 g/mol. The Labute approximate surface area is 144 Å². The molecular formula is C18H18N4O3. The van der Waals surface area contributed by atoms with E-state index in [0.29, 0.717) is 23.4 Å². The minimum Gasteiger partial charge on any atom is -0.481 e. The molecule has 5 N–H and O–H groups in total. The lowest BCUT2D eigenvalue weighted by Gasteiger charge is -2.07. The Morgan fingerprint density at radius 1 is 1.20 bits per heavy atom. The fraction of sp³-hybridized carbons (Fsp3) is 0.167. The van der Waals surface area contributed by atoms with Crippen LogP contribution in [0.1, 0.15) is 28.3 Å². The van der Waals surface area contributed by atoms with Gasteiger partial charge < -0.3 is 15.8 Å². The molecule has 25 heavy (non-hydrogen) atoms.